The average Bonchev–Trinajstić information content (AvgIpc) is 3.07. The summed E-state index contributed by atoms with van der Waals surface area (Å²) in [5.74, 6) is 0.790. The van der Waals surface area contributed by atoms with E-state index in [2.05, 4.69) is 42.5 Å². The molecule has 1 saturated carbocycles. The molecule has 1 fully saturated rings. The Morgan fingerprint density at radius 2 is 1.96 bits per heavy atom. The number of hydrogen-bond acceptors (Lipinski definition) is 2. The van der Waals surface area contributed by atoms with Gasteiger partial charge in [-0.3, -0.25) is 4.79 Å². The minimum Gasteiger partial charge on any atom is -0.345 e. The van der Waals surface area contributed by atoms with E-state index in [0.29, 0.717) is 12.5 Å². The Bertz CT molecular complexity index is 677. The van der Waals surface area contributed by atoms with Crippen LogP contribution in [0.2, 0.25) is 0 Å². The predicted octanol–water partition coefficient (Wildman–Crippen LogP) is 3.22. The third-order valence-corrected chi connectivity index (χ3v) is 5.25. The molecule has 2 N–H and O–H groups in total. The summed E-state index contributed by atoms with van der Waals surface area (Å²) in [6, 6.07) is 14.8. The van der Waals surface area contributed by atoms with Gasteiger partial charge in [-0.05, 0) is 48.1 Å². The van der Waals surface area contributed by atoms with E-state index in [1.54, 1.807) is 0 Å². The van der Waals surface area contributed by atoms with E-state index in [4.69, 9.17) is 5.73 Å². The van der Waals surface area contributed by atoms with Gasteiger partial charge in [0.2, 0.25) is 5.91 Å². The Morgan fingerprint density at radius 3 is 2.78 bits per heavy atom. The molecule has 0 unspecified atom stereocenters. The van der Waals surface area contributed by atoms with Crippen molar-refractivity contribution in [1.82, 2.24) is 4.90 Å². The van der Waals surface area contributed by atoms with Gasteiger partial charge in [-0.15, -0.1) is 0 Å². The number of amides is 1. The number of rotatable bonds is 5. The SMILES string of the molecule is CN(CCc1cccc2ccccc12)C(=O)[C@@H]1CCC[C@@H]1CN. The molecule has 2 aromatic rings. The van der Waals surface area contributed by atoms with Gasteiger partial charge >= 0.3 is 0 Å². The van der Waals surface area contributed by atoms with Crippen LogP contribution >= 0.6 is 0 Å². The molecular formula is C20H26N2O. The second-order valence-electron chi connectivity index (χ2n) is 6.68. The topological polar surface area (TPSA) is 46.3 Å². The van der Waals surface area contributed by atoms with Crippen molar-refractivity contribution in [2.24, 2.45) is 17.6 Å². The predicted molar refractivity (Wildman–Crippen MR) is 95.2 cm³/mol. The van der Waals surface area contributed by atoms with Crippen molar-refractivity contribution < 1.29 is 4.79 Å². The summed E-state index contributed by atoms with van der Waals surface area (Å²) >= 11 is 0. The first-order valence-corrected chi connectivity index (χ1v) is 8.62. The van der Waals surface area contributed by atoms with E-state index in [0.717, 1.165) is 32.2 Å². The van der Waals surface area contributed by atoms with Crippen LogP contribution < -0.4 is 5.73 Å². The van der Waals surface area contributed by atoms with Crippen LogP contribution in [-0.4, -0.2) is 30.9 Å². The molecule has 0 saturated heterocycles. The minimum atomic E-state index is 0.137. The number of carbonyl (C=O) groups is 1. The van der Waals surface area contributed by atoms with Gasteiger partial charge in [0.05, 0.1) is 0 Å². The molecule has 0 bridgehead atoms. The number of nitrogens with zero attached hydrogens (tertiary/aromatic N) is 1. The van der Waals surface area contributed by atoms with E-state index in [-0.39, 0.29) is 11.8 Å². The zero-order valence-corrected chi connectivity index (χ0v) is 13.9. The molecule has 1 aliphatic carbocycles. The molecule has 23 heavy (non-hydrogen) atoms. The third-order valence-electron chi connectivity index (χ3n) is 5.25. The Balaban J connectivity index is 1.66. The van der Waals surface area contributed by atoms with Gasteiger partial charge < -0.3 is 10.6 Å². The molecule has 0 radical (unpaired) electrons. The fraction of sp³-hybridized carbons (Fsp3) is 0.450. The number of likely N-dealkylation sites (N-methyl/N-ethyl adjacent to an activating group) is 1. The van der Waals surface area contributed by atoms with Crippen molar-refractivity contribution in [3.63, 3.8) is 0 Å². The van der Waals surface area contributed by atoms with E-state index in [9.17, 15) is 4.79 Å². The smallest absolute Gasteiger partial charge is 0.225 e. The van der Waals surface area contributed by atoms with Crippen LogP contribution in [-0.2, 0) is 11.2 Å². The quantitative estimate of drug-likeness (QED) is 0.921. The summed E-state index contributed by atoms with van der Waals surface area (Å²) in [6.45, 7) is 1.40. The number of hydrogen-bond donors (Lipinski definition) is 1. The van der Waals surface area contributed by atoms with Crippen molar-refractivity contribution in [3.8, 4) is 0 Å². The second kappa shape index (κ2) is 7.14. The van der Waals surface area contributed by atoms with Crippen LogP contribution in [0, 0.1) is 11.8 Å². The maximum atomic E-state index is 12.7. The van der Waals surface area contributed by atoms with Gasteiger partial charge in [-0.1, -0.05) is 48.9 Å². The monoisotopic (exact) mass is 310 g/mol. The summed E-state index contributed by atoms with van der Waals surface area (Å²) < 4.78 is 0. The molecule has 2 atom stereocenters. The molecule has 3 nitrogen and oxygen atoms in total. The molecule has 0 heterocycles. The highest BCUT2D eigenvalue weighted by molar-refractivity contribution is 5.85. The normalized spacial score (nSPS) is 20.8. The Hall–Kier alpha value is -1.87. The molecule has 0 aromatic heterocycles. The van der Waals surface area contributed by atoms with Crippen LogP contribution in [0.25, 0.3) is 10.8 Å². The molecule has 1 amide bonds. The Kier molecular flexibility index (Phi) is 4.97. The van der Waals surface area contributed by atoms with Crippen molar-refractivity contribution in [3.05, 3.63) is 48.0 Å². The van der Waals surface area contributed by atoms with Crippen LogP contribution in [0.3, 0.4) is 0 Å². The van der Waals surface area contributed by atoms with E-state index in [1.807, 2.05) is 11.9 Å². The molecule has 0 aliphatic heterocycles. The molecule has 3 rings (SSSR count). The standard InChI is InChI=1S/C20H26N2O/c1-22(20(23)19-11-5-9-17(19)14-21)13-12-16-8-4-7-15-6-2-3-10-18(15)16/h2-4,6-8,10,17,19H,5,9,11-14,21H2,1H3/t17-,19-/m1/s1. The lowest BCUT2D eigenvalue weighted by molar-refractivity contribution is -0.135. The highest BCUT2D eigenvalue weighted by atomic mass is 16.2. The highest BCUT2D eigenvalue weighted by Gasteiger charge is 2.33. The molecule has 122 valence electrons. The van der Waals surface area contributed by atoms with Gasteiger partial charge in [-0.2, -0.15) is 0 Å². The van der Waals surface area contributed by atoms with Gasteiger partial charge in [0, 0.05) is 19.5 Å². The van der Waals surface area contributed by atoms with Gasteiger partial charge in [0.1, 0.15) is 0 Å². The summed E-state index contributed by atoms with van der Waals surface area (Å²) in [7, 11) is 1.93. The van der Waals surface area contributed by atoms with Crippen molar-refractivity contribution in [2.45, 2.75) is 25.7 Å². The zero-order chi connectivity index (χ0) is 16.2. The average molecular weight is 310 g/mol. The third kappa shape index (κ3) is 3.40. The summed E-state index contributed by atoms with van der Waals surface area (Å²) in [5.41, 5.74) is 7.13. The maximum absolute atomic E-state index is 12.7. The highest BCUT2D eigenvalue weighted by Crippen LogP contribution is 2.32. The number of fused-ring (bicyclic) bond motifs is 1. The summed E-state index contributed by atoms with van der Waals surface area (Å²) in [4.78, 5) is 14.6. The second-order valence-corrected chi connectivity index (χ2v) is 6.68. The van der Waals surface area contributed by atoms with E-state index in [1.165, 1.54) is 16.3 Å². The first-order valence-electron chi connectivity index (χ1n) is 8.62. The largest absolute Gasteiger partial charge is 0.345 e. The first kappa shape index (κ1) is 16.0. The van der Waals surface area contributed by atoms with E-state index < -0.39 is 0 Å². The van der Waals surface area contributed by atoms with Crippen molar-refractivity contribution >= 4 is 16.7 Å². The maximum Gasteiger partial charge on any atom is 0.225 e. The molecule has 0 spiro atoms. The lowest BCUT2D eigenvalue weighted by atomic mass is 9.94. The first-order chi connectivity index (χ1) is 11.2. The van der Waals surface area contributed by atoms with Crippen LogP contribution in [0.5, 0.6) is 0 Å². The minimum absolute atomic E-state index is 0.137. The zero-order valence-electron chi connectivity index (χ0n) is 13.9. The molecular weight excluding hydrogens is 284 g/mol. The summed E-state index contributed by atoms with van der Waals surface area (Å²) in [6.07, 6.45) is 4.13. The van der Waals surface area contributed by atoms with Crippen LogP contribution in [0.4, 0.5) is 0 Å². The Morgan fingerprint density at radius 1 is 1.17 bits per heavy atom. The van der Waals surface area contributed by atoms with Gasteiger partial charge in [0.25, 0.3) is 0 Å². The lowest BCUT2D eigenvalue weighted by Gasteiger charge is -2.24. The number of benzene rings is 2. The van der Waals surface area contributed by atoms with Crippen molar-refractivity contribution in [1.29, 1.82) is 0 Å². The fourth-order valence-corrected chi connectivity index (χ4v) is 3.84. The van der Waals surface area contributed by atoms with E-state index >= 15 is 0 Å². The lowest BCUT2D eigenvalue weighted by Crippen LogP contribution is -2.37. The molecule has 3 heteroatoms. The van der Waals surface area contributed by atoms with Crippen LogP contribution in [0.1, 0.15) is 24.8 Å². The molecule has 1 aliphatic rings. The van der Waals surface area contributed by atoms with Crippen molar-refractivity contribution in [2.75, 3.05) is 20.1 Å². The fourth-order valence-electron chi connectivity index (χ4n) is 3.84. The van der Waals surface area contributed by atoms with Crippen LogP contribution in [0.15, 0.2) is 42.5 Å². The molecule has 2 aromatic carbocycles. The number of nitrogens with two attached hydrogens (primary N) is 1. The van der Waals surface area contributed by atoms with Gasteiger partial charge in [0.15, 0.2) is 0 Å². The summed E-state index contributed by atoms with van der Waals surface area (Å²) in [5, 5.41) is 2.55. The number of carbonyl (C=O) groups excluding carboxylic acids is 1. The Labute approximate surface area is 138 Å². The van der Waals surface area contributed by atoms with Gasteiger partial charge in [-0.25, -0.2) is 0 Å².